The molecule has 0 saturated carbocycles. The van der Waals surface area contributed by atoms with Gasteiger partial charge in [-0.1, -0.05) is 76.0 Å². The van der Waals surface area contributed by atoms with Crippen molar-refractivity contribution in [3.05, 3.63) is 102 Å². The Morgan fingerprint density at radius 1 is 0.933 bits per heavy atom. The number of hydrogen-bond acceptors (Lipinski definition) is 8. The van der Waals surface area contributed by atoms with Crippen LogP contribution in [-0.2, 0) is 33.4 Å². The largest absolute Gasteiger partial charge is 0.478 e. The molecule has 2 N–H and O–H groups in total. The number of fused-ring (bicyclic) bond motifs is 2. The molecule has 0 aromatic heterocycles. The van der Waals surface area contributed by atoms with Crippen LogP contribution in [0.25, 0.3) is 27.6 Å². The first-order chi connectivity index (χ1) is 21.5. The van der Waals surface area contributed by atoms with Gasteiger partial charge in [0, 0.05) is 46.9 Å². The molecule has 45 heavy (non-hydrogen) atoms. The number of hydrogen-bond donors (Lipinski definition) is 2. The van der Waals surface area contributed by atoms with E-state index in [-0.39, 0.29) is 30.3 Å². The molecule has 0 spiro atoms. The van der Waals surface area contributed by atoms with Crippen molar-refractivity contribution in [2.24, 2.45) is 0 Å². The van der Waals surface area contributed by atoms with E-state index in [0.29, 0.717) is 37.0 Å². The average Bonchev–Trinajstić information content (AvgIpc) is 3.85. The van der Waals surface area contributed by atoms with Crippen molar-refractivity contribution in [3.63, 3.8) is 0 Å². The lowest BCUT2D eigenvalue weighted by atomic mass is 9.93. The molecule has 234 valence electrons. The number of carbonyl (C=O) groups is 4. The summed E-state index contributed by atoms with van der Waals surface area (Å²) in [6.07, 6.45) is 4.52. The van der Waals surface area contributed by atoms with Gasteiger partial charge in [-0.15, -0.1) is 0 Å². The van der Waals surface area contributed by atoms with Gasteiger partial charge >= 0.3 is 23.9 Å². The molecule has 0 radical (unpaired) electrons. The number of carboxylic acid groups (broad SMARTS) is 1. The summed E-state index contributed by atoms with van der Waals surface area (Å²) in [4.78, 5) is 46.2. The molecule has 1 fully saturated rings. The maximum absolute atomic E-state index is 12.7. The summed E-state index contributed by atoms with van der Waals surface area (Å²) in [5.41, 5.74) is 2.60. The summed E-state index contributed by atoms with van der Waals surface area (Å²) < 4.78 is 14.9. The third-order valence-corrected chi connectivity index (χ3v) is 7.08. The molecule has 0 aliphatic carbocycles. The van der Waals surface area contributed by atoms with Crippen LogP contribution in [0.3, 0.4) is 0 Å². The van der Waals surface area contributed by atoms with Gasteiger partial charge < -0.3 is 24.7 Å². The van der Waals surface area contributed by atoms with Gasteiger partial charge in [-0.2, -0.15) is 0 Å². The molecule has 1 aliphatic rings. The lowest BCUT2D eigenvalue weighted by Gasteiger charge is -2.12. The third-order valence-electron chi connectivity index (χ3n) is 7.08. The van der Waals surface area contributed by atoms with Crippen LogP contribution in [0.5, 0.6) is 0 Å². The highest BCUT2D eigenvalue weighted by atomic mass is 16.6. The van der Waals surface area contributed by atoms with E-state index in [1.165, 1.54) is 6.21 Å². The van der Waals surface area contributed by atoms with Crippen molar-refractivity contribution in [1.29, 1.82) is 5.41 Å². The van der Waals surface area contributed by atoms with Gasteiger partial charge in [0.05, 0.1) is 19.3 Å². The number of ether oxygens (including phenoxy) is 3. The lowest BCUT2D eigenvalue weighted by Crippen LogP contribution is -2.16. The fourth-order valence-corrected chi connectivity index (χ4v) is 4.34. The molecule has 1 unspecified atom stereocenters. The van der Waals surface area contributed by atoms with E-state index >= 15 is 0 Å². The Balaban J connectivity index is 0.000000335. The van der Waals surface area contributed by atoms with Crippen LogP contribution in [0.15, 0.2) is 90.6 Å². The second-order valence-electron chi connectivity index (χ2n) is 10.3. The number of carbonyl (C=O) groups excluding carboxylic acids is 3. The number of nitrogens with one attached hydrogen (secondary N) is 1. The fraction of sp³-hybridized carbons (Fsp3) is 0.250. The molecule has 9 heteroatoms. The van der Waals surface area contributed by atoms with Crippen molar-refractivity contribution in [3.8, 4) is 0 Å². The summed E-state index contributed by atoms with van der Waals surface area (Å²) in [5, 5.41) is 20.3. The predicted molar refractivity (Wildman–Crippen MR) is 174 cm³/mol. The van der Waals surface area contributed by atoms with Gasteiger partial charge in [0.25, 0.3) is 0 Å². The van der Waals surface area contributed by atoms with Crippen molar-refractivity contribution in [2.75, 3.05) is 13.2 Å². The summed E-state index contributed by atoms with van der Waals surface area (Å²) in [6.45, 7) is 14.8. The molecular weight excluding hydrogens is 574 g/mol. The molecular formula is C36H37NO8. The molecule has 1 atom stereocenters. The van der Waals surface area contributed by atoms with Gasteiger partial charge in [-0.25, -0.2) is 19.2 Å². The minimum absolute atomic E-state index is 0.00129. The molecule has 4 rings (SSSR count). The molecule has 1 aliphatic heterocycles. The number of rotatable bonds is 13. The van der Waals surface area contributed by atoms with Crippen molar-refractivity contribution >= 4 is 57.7 Å². The molecule has 3 aromatic carbocycles. The van der Waals surface area contributed by atoms with E-state index in [1.807, 2.05) is 49.4 Å². The third kappa shape index (κ3) is 9.42. The zero-order valence-electron chi connectivity index (χ0n) is 25.5. The minimum Gasteiger partial charge on any atom is -0.478 e. The molecule has 9 nitrogen and oxygen atoms in total. The zero-order valence-corrected chi connectivity index (χ0v) is 25.5. The van der Waals surface area contributed by atoms with Crippen molar-refractivity contribution in [2.45, 2.75) is 45.6 Å². The minimum atomic E-state index is -1.07. The SMILES string of the molecule is C=C(CC1CO1)C(=O)OC(=O)C(=Cc1cccc2cc3ccccc3c(C=N)c12)CC.C=C(CCOC(=O)C(=C)CC)C(=O)O. The normalized spacial score (nSPS) is 13.6. The van der Waals surface area contributed by atoms with E-state index in [4.69, 9.17) is 24.7 Å². The summed E-state index contributed by atoms with van der Waals surface area (Å²) in [7, 11) is 0. The van der Waals surface area contributed by atoms with Gasteiger partial charge in [-0.05, 0) is 52.1 Å². The Morgan fingerprint density at radius 3 is 2.24 bits per heavy atom. The fourth-order valence-electron chi connectivity index (χ4n) is 4.34. The van der Waals surface area contributed by atoms with Gasteiger partial charge in [0.2, 0.25) is 0 Å². The highest BCUT2D eigenvalue weighted by molar-refractivity contribution is 6.15. The van der Waals surface area contributed by atoms with Crippen LogP contribution in [0.2, 0.25) is 0 Å². The van der Waals surface area contributed by atoms with E-state index in [0.717, 1.165) is 32.7 Å². The first-order valence-electron chi connectivity index (χ1n) is 14.5. The number of benzene rings is 3. The van der Waals surface area contributed by atoms with E-state index in [1.54, 1.807) is 13.0 Å². The van der Waals surface area contributed by atoms with Gasteiger partial charge in [0.1, 0.15) is 0 Å². The van der Waals surface area contributed by atoms with Crippen LogP contribution in [0.4, 0.5) is 0 Å². The quantitative estimate of drug-likeness (QED) is 0.0541. The van der Waals surface area contributed by atoms with Crippen LogP contribution in [0, 0.1) is 5.41 Å². The first-order valence-corrected chi connectivity index (χ1v) is 14.5. The van der Waals surface area contributed by atoms with Gasteiger partial charge in [-0.3, -0.25) is 0 Å². The smallest absolute Gasteiger partial charge is 0.341 e. The maximum atomic E-state index is 12.7. The predicted octanol–water partition coefficient (Wildman–Crippen LogP) is 6.73. The monoisotopic (exact) mass is 611 g/mol. The van der Waals surface area contributed by atoms with Crippen molar-refractivity contribution < 1.29 is 38.5 Å². The maximum Gasteiger partial charge on any atom is 0.341 e. The summed E-state index contributed by atoms with van der Waals surface area (Å²) in [5.74, 6) is -2.95. The van der Waals surface area contributed by atoms with E-state index in [2.05, 4.69) is 25.8 Å². The number of esters is 3. The number of epoxide rings is 1. The standard InChI is InChI=1S/C26H23NO4.C10H14O4/c1-3-17(26(29)31-25(28)16(2)11-21-15-30-21)12-19-8-6-9-20-13-18-7-4-5-10-22(18)23(14-27)24(19)20;1-4-7(2)10(13)14-6-5-8(3)9(11)12/h4-10,12-14,21,27H,2-3,11,15H2,1H3;2-6H2,1H3,(H,11,12). The second kappa shape index (κ2) is 16.1. The highest BCUT2D eigenvalue weighted by Crippen LogP contribution is 2.31. The van der Waals surface area contributed by atoms with Crippen LogP contribution in [0.1, 0.15) is 50.7 Å². The van der Waals surface area contributed by atoms with Crippen LogP contribution < -0.4 is 0 Å². The first kappa shape index (κ1) is 34.3. The Hall–Kier alpha value is -5.15. The van der Waals surface area contributed by atoms with Crippen molar-refractivity contribution in [1.82, 2.24) is 0 Å². The van der Waals surface area contributed by atoms with Crippen LogP contribution in [-0.4, -0.2) is 54.5 Å². The topological polar surface area (TPSA) is 143 Å². The summed E-state index contributed by atoms with van der Waals surface area (Å²) >= 11 is 0. The summed E-state index contributed by atoms with van der Waals surface area (Å²) in [6, 6.07) is 15.8. The molecule has 3 aromatic rings. The van der Waals surface area contributed by atoms with E-state index in [9.17, 15) is 19.2 Å². The van der Waals surface area contributed by atoms with Crippen LogP contribution >= 0.6 is 0 Å². The highest BCUT2D eigenvalue weighted by Gasteiger charge is 2.27. The second-order valence-corrected chi connectivity index (χ2v) is 10.3. The molecule has 1 saturated heterocycles. The Morgan fingerprint density at radius 2 is 1.62 bits per heavy atom. The average molecular weight is 612 g/mol. The van der Waals surface area contributed by atoms with E-state index < -0.39 is 23.9 Å². The molecule has 1 heterocycles. The molecule has 0 amide bonds. The number of aliphatic carboxylic acids is 1. The Kier molecular flexibility index (Phi) is 12.3. The lowest BCUT2D eigenvalue weighted by molar-refractivity contribution is -0.154. The molecule has 0 bridgehead atoms. The Labute approximate surface area is 262 Å². The zero-order chi connectivity index (χ0) is 33.1. The van der Waals surface area contributed by atoms with Gasteiger partial charge in [0.15, 0.2) is 0 Å². The number of carboxylic acids is 1. The Bertz CT molecular complexity index is 1710.